The molecule has 12 heterocycles. The number of halogens is 4. The van der Waals surface area contributed by atoms with E-state index in [1.54, 1.807) is 37.1 Å². The van der Waals surface area contributed by atoms with Crippen LogP contribution in [0.2, 0.25) is 0 Å². The fraction of sp³-hybridized carbons (Fsp3) is 0.211. The molecule has 12 aromatic rings. The number of benzene rings is 1. The number of hydrogen-bond donors (Lipinski definition) is 4. The molecule has 1 fully saturated rings. The number of H-pyrrole nitrogens is 4. The van der Waals surface area contributed by atoms with Gasteiger partial charge in [0.15, 0.2) is 22.9 Å². The van der Waals surface area contributed by atoms with Crippen molar-refractivity contribution in [1.29, 1.82) is 0 Å². The molecule has 1 aliphatic heterocycles. The van der Waals surface area contributed by atoms with E-state index in [2.05, 4.69) is 93.2 Å². The number of rotatable bonds is 10. The Balaban J connectivity index is 0.000000160. The molecule has 0 radical (unpaired) electrons. The van der Waals surface area contributed by atoms with Crippen LogP contribution in [0.15, 0.2) is 129 Å². The zero-order chi connectivity index (χ0) is 53.9. The van der Waals surface area contributed by atoms with Crippen LogP contribution in [0.1, 0.15) is 49.8 Å². The SMILES string of the molecule is CC.CN(C)Cc1cncc(-c2cnc3n[nH]c(-c4nc5c(-c6cncc(C(F)(F)F)c6)cncc5[nH]4)c3c2)c1.Fc1cccc(-c2cncc3[nH]c(-c4[nH]nc5ncc(-c6cncc(CN7CCCCC7)c6)cc45)nc23)c1. The lowest BCUT2D eigenvalue weighted by Crippen LogP contribution is -2.29. The monoisotopic (exact) mass is 1050 g/mol. The maximum absolute atomic E-state index is 13.9. The Morgan fingerprint density at radius 1 is 0.551 bits per heavy atom. The number of fused-ring (bicyclic) bond motifs is 4. The summed E-state index contributed by atoms with van der Waals surface area (Å²) in [5.41, 5.74) is 12.3. The standard InChI is InChI=1S/C29H25FN8.C26H20F3N9.C2H6/c30-22-6-4-5-19(10-22)24-15-32-16-25-26(24)35-29(34-25)27-23-11-21(14-33-28(23)37-36-27)20-9-18(12-31-13-20)17-38-7-2-1-3-8-38;1-38(2)13-14-3-15(7-30-6-14)16-5-19-23(36-37-24(19)33-9-16)25-34-21-12-32-11-20(22(21)35-25)17-4-18(10-31-8-17)26(27,28)29;1-2/h4-6,9-16H,1-3,7-8,17H2,(H,34,35)(H,33,36,37);3-12H,13H2,1-2H3,(H,34,35)(H,33,36,37);1-2H3. The molecule has 1 saturated heterocycles. The fourth-order valence-electron chi connectivity index (χ4n) is 9.60. The minimum atomic E-state index is -4.51. The molecule has 4 N–H and O–H groups in total. The predicted molar refractivity (Wildman–Crippen MR) is 291 cm³/mol. The van der Waals surface area contributed by atoms with Crippen LogP contribution in [-0.4, -0.2) is 112 Å². The van der Waals surface area contributed by atoms with Gasteiger partial charge in [0.25, 0.3) is 0 Å². The largest absolute Gasteiger partial charge is 0.417 e. The second kappa shape index (κ2) is 21.8. The number of nitrogens with one attached hydrogen (secondary N) is 4. The molecule has 1 aromatic carbocycles. The Hall–Kier alpha value is -9.21. The van der Waals surface area contributed by atoms with E-state index in [9.17, 15) is 17.6 Å². The van der Waals surface area contributed by atoms with Crippen molar-refractivity contribution in [3.63, 3.8) is 0 Å². The number of likely N-dealkylation sites (tertiary alicyclic amines) is 1. The molecule has 17 nitrogen and oxygen atoms in total. The Kier molecular flexibility index (Phi) is 14.2. The van der Waals surface area contributed by atoms with Gasteiger partial charge in [0.1, 0.15) is 22.7 Å². The number of pyridine rings is 7. The summed E-state index contributed by atoms with van der Waals surface area (Å²) < 4.78 is 53.7. The molecule has 0 atom stereocenters. The molecule has 0 saturated carbocycles. The third kappa shape index (κ3) is 10.6. The van der Waals surface area contributed by atoms with E-state index in [1.165, 1.54) is 49.4 Å². The average Bonchev–Trinajstić information content (AvgIpc) is 4.38. The third-order valence-electron chi connectivity index (χ3n) is 13.2. The van der Waals surface area contributed by atoms with Gasteiger partial charge in [0.05, 0.1) is 45.3 Å². The van der Waals surface area contributed by atoms with Gasteiger partial charge in [-0.25, -0.2) is 24.3 Å². The van der Waals surface area contributed by atoms with Gasteiger partial charge in [-0.1, -0.05) is 32.4 Å². The number of aromatic amines is 4. The highest BCUT2D eigenvalue weighted by molar-refractivity contribution is 5.98. The van der Waals surface area contributed by atoms with Crippen molar-refractivity contribution in [2.45, 2.75) is 52.4 Å². The number of nitrogens with zero attached hydrogens (tertiary/aromatic N) is 13. The quantitative estimate of drug-likeness (QED) is 0.0940. The number of aromatic nitrogens is 15. The maximum atomic E-state index is 13.9. The molecule has 0 spiro atoms. The summed E-state index contributed by atoms with van der Waals surface area (Å²) >= 11 is 0. The van der Waals surface area contributed by atoms with Crippen LogP contribution >= 0.6 is 0 Å². The predicted octanol–water partition coefficient (Wildman–Crippen LogP) is 11.9. The van der Waals surface area contributed by atoms with Crippen LogP contribution in [0.4, 0.5) is 17.6 Å². The molecule has 0 amide bonds. The van der Waals surface area contributed by atoms with Crippen LogP contribution < -0.4 is 0 Å². The summed E-state index contributed by atoms with van der Waals surface area (Å²) in [6, 6.07) is 15.8. The topological polar surface area (TPSA) is 211 Å². The second-order valence-corrected chi connectivity index (χ2v) is 18.9. The lowest BCUT2D eigenvalue weighted by molar-refractivity contribution is -0.137. The van der Waals surface area contributed by atoms with Crippen LogP contribution in [0.3, 0.4) is 0 Å². The lowest BCUT2D eigenvalue weighted by atomic mass is 10.1. The van der Waals surface area contributed by atoms with E-state index in [-0.39, 0.29) is 11.4 Å². The Morgan fingerprint density at radius 3 is 1.65 bits per heavy atom. The molecule has 21 heteroatoms. The molecule has 0 aliphatic carbocycles. The highest BCUT2D eigenvalue weighted by atomic mass is 19.4. The van der Waals surface area contributed by atoms with E-state index in [0.717, 1.165) is 99.4 Å². The van der Waals surface area contributed by atoms with E-state index in [1.807, 2.05) is 64.9 Å². The van der Waals surface area contributed by atoms with E-state index >= 15 is 0 Å². The van der Waals surface area contributed by atoms with Gasteiger partial charge < -0.3 is 14.9 Å². The highest BCUT2D eigenvalue weighted by Crippen LogP contribution is 2.36. The van der Waals surface area contributed by atoms with Crippen molar-refractivity contribution >= 4 is 44.1 Å². The summed E-state index contributed by atoms with van der Waals surface area (Å²) in [5.74, 6) is 0.766. The van der Waals surface area contributed by atoms with Gasteiger partial charge in [-0.05, 0) is 99.2 Å². The molecule has 11 aromatic heterocycles. The molecular formula is C57H51F4N17. The summed E-state index contributed by atoms with van der Waals surface area (Å²) in [6.45, 7) is 7.95. The van der Waals surface area contributed by atoms with E-state index in [0.29, 0.717) is 50.8 Å². The van der Waals surface area contributed by atoms with E-state index in [4.69, 9.17) is 9.97 Å². The van der Waals surface area contributed by atoms with Crippen molar-refractivity contribution in [2.75, 3.05) is 27.2 Å². The van der Waals surface area contributed by atoms with Crippen molar-refractivity contribution < 1.29 is 17.6 Å². The highest BCUT2D eigenvalue weighted by Gasteiger charge is 2.31. The number of alkyl halides is 3. The molecule has 392 valence electrons. The van der Waals surface area contributed by atoms with Gasteiger partial charge in [0, 0.05) is 114 Å². The first kappa shape index (κ1) is 50.9. The zero-order valence-electron chi connectivity index (χ0n) is 42.9. The molecule has 0 bridgehead atoms. The first-order chi connectivity index (χ1) is 38.0. The smallest absolute Gasteiger partial charge is 0.335 e. The molecule has 13 rings (SSSR count). The number of piperidine rings is 1. The summed E-state index contributed by atoms with van der Waals surface area (Å²) in [4.78, 5) is 51.0. The van der Waals surface area contributed by atoms with Crippen molar-refractivity contribution in [1.82, 2.24) is 85.0 Å². The Labute approximate surface area is 443 Å². The van der Waals surface area contributed by atoms with Gasteiger partial charge in [-0.3, -0.25) is 40.0 Å². The van der Waals surface area contributed by atoms with Crippen molar-refractivity contribution in [3.05, 3.63) is 151 Å². The average molecular weight is 1050 g/mol. The first-order valence-corrected chi connectivity index (χ1v) is 25.4. The second-order valence-electron chi connectivity index (χ2n) is 18.9. The van der Waals surface area contributed by atoms with E-state index < -0.39 is 11.7 Å². The van der Waals surface area contributed by atoms with Crippen LogP contribution in [0.5, 0.6) is 0 Å². The van der Waals surface area contributed by atoms with Crippen molar-refractivity contribution in [3.8, 4) is 67.5 Å². The third-order valence-corrected chi connectivity index (χ3v) is 13.2. The first-order valence-electron chi connectivity index (χ1n) is 25.4. The molecule has 1 aliphatic rings. The van der Waals surface area contributed by atoms with Crippen LogP contribution in [0, 0.1) is 5.82 Å². The molecular weight excluding hydrogens is 999 g/mol. The van der Waals surface area contributed by atoms with Gasteiger partial charge in [-0.2, -0.15) is 23.4 Å². The zero-order valence-corrected chi connectivity index (χ0v) is 42.9. The molecule has 0 unspecified atom stereocenters. The van der Waals surface area contributed by atoms with Gasteiger partial charge in [-0.15, -0.1) is 0 Å². The summed E-state index contributed by atoms with van der Waals surface area (Å²) in [6.07, 6.45) is 19.0. The maximum Gasteiger partial charge on any atom is 0.417 e. The molecule has 78 heavy (non-hydrogen) atoms. The van der Waals surface area contributed by atoms with Crippen LogP contribution in [0.25, 0.3) is 112 Å². The minimum Gasteiger partial charge on any atom is -0.335 e. The fourth-order valence-corrected chi connectivity index (χ4v) is 9.60. The van der Waals surface area contributed by atoms with Crippen LogP contribution in [-0.2, 0) is 19.3 Å². The Bertz CT molecular complexity index is 4080. The van der Waals surface area contributed by atoms with Gasteiger partial charge in [0.2, 0.25) is 0 Å². The number of imidazole rings is 2. The summed E-state index contributed by atoms with van der Waals surface area (Å²) in [5, 5.41) is 16.4. The Morgan fingerprint density at radius 2 is 1.08 bits per heavy atom. The van der Waals surface area contributed by atoms with Crippen molar-refractivity contribution in [2.24, 2.45) is 0 Å². The minimum absolute atomic E-state index is 0.263. The lowest BCUT2D eigenvalue weighted by Gasteiger charge is -2.26. The number of hydrogen-bond acceptors (Lipinski definition) is 13. The van der Waals surface area contributed by atoms with Gasteiger partial charge >= 0.3 is 6.18 Å². The summed E-state index contributed by atoms with van der Waals surface area (Å²) in [7, 11) is 3.99. The normalized spacial score (nSPS) is 13.0.